The number of carbonyl (C=O) groups excluding carboxylic acids is 1. The number of thiazole rings is 1. The van der Waals surface area contributed by atoms with Crippen LogP contribution in [0.5, 0.6) is 11.5 Å². The van der Waals surface area contributed by atoms with E-state index < -0.39 is 6.29 Å². The molecule has 1 amide bonds. The van der Waals surface area contributed by atoms with Gasteiger partial charge in [-0.05, 0) is 13.0 Å². The Labute approximate surface area is 208 Å². The topological polar surface area (TPSA) is 86.2 Å². The summed E-state index contributed by atoms with van der Waals surface area (Å²) in [5.74, 6) is -0.479. The molecule has 0 aliphatic carbocycles. The Bertz CT molecular complexity index is 1370. The molecule has 11 heteroatoms. The molecule has 0 atom stereocenters. The number of ether oxygens (including phenoxy) is 2. The molecule has 35 heavy (non-hydrogen) atoms. The van der Waals surface area contributed by atoms with Crippen LogP contribution in [0.4, 0.5) is 14.6 Å². The van der Waals surface area contributed by atoms with E-state index >= 15 is 0 Å². The van der Waals surface area contributed by atoms with Crippen LogP contribution in [0.3, 0.4) is 0 Å². The molecular weight excluding hydrogens is 498 g/mol. The Morgan fingerprint density at radius 1 is 1.06 bits per heavy atom. The molecule has 1 aliphatic rings. The fourth-order valence-electron chi connectivity index (χ4n) is 3.18. The minimum Gasteiger partial charge on any atom is -0.395 e. The predicted octanol–water partition coefficient (Wildman–Crippen LogP) is 6.83. The van der Waals surface area contributed by atoms with Crippen molar-refractivity contribution in [1.82, 2.24) is 15.0 Å². The smallest absolute Gasteiger partial charge is 0.395 e. The van der Waals surface area contributed by atoms with E-state index in [1.165, 1.54) is 35.9 Å². The van der Waals surface area contributed by atoms with Gasteiger partial charge < -0.3 is 14.8 Å². The van der Waals surface area contributed by atoms with Crippen molar-refractivity contribution in [3.05, 3.63) is 70.5 Å². The molecular formula is C24H19ClF2N4O3S. The Kier molecular flexibility index (Phi) is 6.95. The lowest BCUT2D eigenvalue weighted by Gasteiger charge is -2.07. The largest absolute Gasteiger partial charge is 0.586 e. The van der Waals surface area contributed by atoms with Crippen LogP contribution in [0, 0.1) is 6.92 Å². The zero-order chi connectivity index (χ0) is 25.2. The van der Waals surface area contributed by atoms with Gasteiger partial charge >= 0.3 is 6.29 Å². The lowest BCUT2D eigenvalue weighted by atomic mass is 10.1. The fraction of sp³-hybridized carbons (Fsp3) is 0.167. The van der Waals surface area contributed by atoms with Gasteiger partial charge in [0.1, 0.15) is 9.88 Å². The van der Waals surface area contributed by atoms with Crippen molar-refractivity contribution < 1.29 is 23.0 Å². The number of fused-ring (bicyclic) bond motifs is 1. The minimum atomic E-state index is -3.75. The molecule has 180 valence electrons. The summed E-state index contributed by atoms with van der Waals surface area (Å²) in [7, 11) is 0. The van der Waals surface area contributed by atoms with Crippen LogP contribution in [0.2, 0.25) is 5.02 Å². The van der Waals surface area contributed by atoms with Crippen molar-refractivity contribution in [3.8, 4) is 33.3 Å². The van der Waals surface area contributed by atoms with Crippen LogP contribution in [-0.4, -0.2) is 27.2 Å². The number of aromatic nitrogens is 3. The second kappa shape index (κ2) is 9.93. The molecule has 4 aromatic rings. The van der Waals surface area contributed by atoms with E-state index in [0.717, 1.165) is 10.6 Å². The summed E-state index contributed by atoms with van der Waals surface area (Å²) < 4.78 is 35.4. The van der Waals surface area contributed by atoms with Crippen LogP contribution >= 0.6 is 22.9 Å². The molecule has 0 radical (unpaired) electrons. The summed E-state index contributed by atoms with van der Waals surface area (Å²) in [6, 6.07) is 12.1. The first-order chi connectivity index (χ1) is 16.8. The summed E-state index contributed by atoms with van der Waals surface area (Å²) in [6.07, 6.45) is -1.04. The molecule has 7 nitrogen and oxygen atoms in total. The number of carbonyl (C=O) groups is 1. The number of halogens is 3. The van der Waals surface area contributed by atoms with Gasteiger partial charge in [0.05, 0.1) is 28.8 Å². The monoisotopic (exact) mass is 516 g/mol. The SMILES string of the molecule is CC.Cc1nc(-c2ccccc2)sc1C(=O)Nc1cnc(-c2cc3c(cc2Cl)OC(F)(F)O3)cn1. The lowest BCUT2D eigenvalue weighted by Crippen LogP contribution is -2.25. The van der Waals surface area contributed by atoms with Crippen molar-refractivity contribution in [2.75, 3.05) is 5.32 Å². The zero-order valence-electron chi connectivity index (χ0n) is 18.8. The quantitative estimate of drug-likeness (QED) is 0.320. The van der Waals surface area contributed by atoms with Gasteiger partial charge in [0.2, 0.25) is 0 Å². The summed E-state index contributed by atoms with van der Waals surface area (Å²) in [6.45, 7) is 5.76. The maximum atomic E-state index is 13.3. The van der Waals surface area contributed by atoms with Gasteiger partial charge in [0.15, 0.2) is 17.3 Å². The van der Waals surface area contributed by atoms with Gasteiger partial charge in [-0.15, -0.1) is 20.1 Å². The van der Waals surface area contributed by atoms with Crippen LogP contribution < -0.4 is 14.8 Å². The molecule has 0 spiro atoms. The number of rotatable bonds is 4. The normalized spacial score (nSPS) is 13.1. The molecule has 3 heterocycles. The van der Waals surface area contributed by atoms with Crippen LogP contribution in [0.1, 0.15) is 29.2 Å². The Morgan fingerprint density at radius 2 is 1.74 bits per heavy atom. The van der Waals surface area contributed by atoms with E-state index in [0.29, 0.717) is 21.8 Å². The second-order valence-corrected chi connectivity index (χ2v) is 8.39. The first-order valence-corrected chi connectivity index (χ1v) is 11.7. The number of nitrogens with one attached hydrogen (secondary N) is 1. The van der Waals surface area contributed by atoms with Gasteiger partial charge in [-0.3, -0.25) is 9.78 Å². The second-order valence-electron chi connectivity index (χ2n) is 6.99. The van der Waals surface area contributed by atoms with Gasteiger partial charge in [0.25, 0.3) is 5.91 Å². The number of benzene rings is 2. The molecule has 5 rings (SSSR count). The third-order valence-electron chi connectivity index (χ3n) is 4.68. The Hall–Kier alpha value is -3.63. The van der Waals surface area contributed by atoms with E-state index in [1.54, 1.807) is 6.92 Å². The highest BCUT2D eigenvalue weighted by Gasteiger charge is 2.44. The van der Waals surface area contributed by atoms with Crippen molar-refractivity contribution >= 4 is 34.7 Å². The molecule has 1 aliphatic heterocycles. The number of hydrogen-bond acceptors (Lipinski definition) is 7. The fourth-order valence-corrected chi connectivity index (χ4v) is 4.40. The number of amides is 1. The first-order valence-electron chi connectivity index (χ1n) is 10.5. The minimum absolute atomic E-state index is 0.134. The highest BCUT2D eigenvalue weighted by atomic mass is 35.5. The van der Waals surface area contributed by atoms with Gasteiger partial charge in [-0.2, -0.15) is 0 Å². The summed E-state index contributed by atoms with van der Waals surface area (Å²) >= 11 is 7.46. The Balaban J connectivity index is 0.00000141. The number of aryl methyl sites for hydroxylation is 1. The highest BCUT2D eigenvalue weighted by Crippen LogP contribution is 2.45. The molecule has 2 aromatic heterocycles. The number of hydrogen-bond donors (Lipinski definition) is 1. The first kappa shape index (κ1) is 24.5. The van der Waals surface area contributed by atoms with Crippen molar-refractivity contribution in [2.24, 2.45) is 0 Å². The van der Waals surface area contributed by atoms with E-state index in [1.807, 2.05) is 44.2 Å². The van der Waals surface area contributed by atoms with Crippen molar-refractivity contribution in [3.63, 3.8) is 0 Å². The van der Waals surface area contributed by atoms with E-state index in [4.69, 9.17) is 11.6 Å². The van der Waals surface area contributed by atoms with Crippen LogP contribution in [0.25, 0.3) is 21.8 Å². The van der Waals surface area contributed by atoms with Crippen molar-refractivity contribution in [1.29, 1.82) is 0 Å². The van der Waals surface area contributed by atoms with Crippen LogP contribution in [0.15, 0.2) is 54.9 Å². The Morgan fingerprint density at radius 3 is 2.40 bits per heavy atom. The highest BCUT2D eigenvalue weighted by molar-refractivity contribution is 7.17. The molecule has 0 bridgehead atoms. The summed E-state index contributed by atoms with van der Waals surface area (Å²) in [5.41, 5.74) is 2.16. The molecule has 0 fully saturated rings. The van der Waals surface area contributed by atoms with Gasteiger partial charge in [-0.1, -0.05) is 55.8 Å². The maximum absolute atomic E-state index is 13.3. The van der Waals surface area contributed by atoms with E-state index in [-0.39, 0.29) is 28.2 Å². The number of nitrogens with zero attached hydrogens (tertiary/aromatic N) is 3. The predicted molar refractivity (Wildman–Crippen MR) is 130 cm³/mol. The molecule has 0 unspecified atom stereocenters. The lowest BCUT2D eigenvalue weighted by molar-refractivity contribution is -0.286. The third kappa shape index (κ3) is 5.23. The van der Waals surface area contributed by atoms with E-state index in [9.17, 15) is 13.6 Å². The average molecular weight is 517 g/mol. The average Bonchev–Trinajstić information content (AvgIpc) is 3.38. The molecule has 1 N–H and O–H groups in total. The third-order valence-corrected chi connectivity index (χ3v) is 6.20. The number of anilines is 1. The van der Waals surface area contributed by atoms with Gasteiger partial charge in [0, 0.05) is 17.2 Å². The van der Waals surface area contributed by atoms with E-state index in [2.05, 4.69) is 29.7 Å². The zero-order valence-corrected chi connectivity index (χ0v) is 20.4. The molecule has 2 aromatic carbocycles. The molecule has 0 saturated carbocycles. The summed E-state index contributed by atoms with van der Waals surface area (Å²) in [5, 5.41) is 3.56. The maximum Gasteiger partial charge on any atom is 0.586 e. The number of alkyl halides is 2. The van der Waals surface area contributed by atoms with Crippen molar-refractivity contribution in [2.45, 2.75) is 27.1 Å². The standard InChI is InChI=1S/C22H13ClF2N4O3S.C2H6/c1-11-19(33-21(28-11)12-5-3-2-4-6-12)20(30)29-18-10-26-15(9-27-18)13-7-16-17(8-14(13)23)32-22(24,25)31-16;1-2/h2-10H,1H3,(H,27,29,30);1-2H3. The summed E-state index contributed by atoms with van der Waals surface area (Å²) in [4.78, 5) is 26.1. The molecule has 0 saturated heterocycles. The van der Waals surface area contributed by atoms with Crippen LogP contribution in [-0.2, 0) is 0 Å². The van der Waals surface area contributed by atoms with Gasteiger partial charge in [-0.25, -0.2) is 9.97 Å².